The largest absolute Gasteiger partial charge is 2.00 e. The molecule has 0 saturated heterocycles. The first-order chi connectivity index (χ1) is 37.4. The average molecular weight is 1310 g/mol. The van der Waals surface area contributed by atoms with E-state index in [0.717, 1.165) is 90.0 Å². The van der Waals surface area contributed by atoms with Crippen LogP contribution >= 0.6 is 0 Å². The summed E-state index contributed by atoms with van der Waals surface area (Å²) in [5, 5.41) is 0. The molecular weight excluding hydrogens is 1260 g/mol. The number of pyridine rings is 4. The van der Waals surface area contributed by atoms with Crippen molar-refractivity contribution in [1.82, 2.24) is 19.9 Å². The summed E-state index contributed by atoms with van der Waals surface area (Å²) >= 11 is 0. The molecule has 4 aromatic heterocycles. The monoisotopic (exact) mass is 1300 g/mol. The van der Waals surface area contributed by atoms with E-state index in [9.17, 15) is 0 Å². The van der Waals surface area contributed by atoms with E-state index < -0.39 is 41.0 Å². The fourth-order valence-electron chi connectivity index (χ4n) is 6.27. The minimum Gasteiger partial charge on any atom is -0.255 e. The zero-order chi connectivity index (χ0) is 59.5. The van der Waals surface area contributed by atoms with Gasteiger partial charge >= 0.3 is 34.1 Å². The Labute approximate surface area is 499 Å². The van der Waals surface area contributed by atoms with Gasteiger partial charge in [0.25, 0.3) is 0 Å². The molecule has 30 heteroatoms. The Kier molecular flexibility index (Phi) is 32.7. The van der Waals surface area contributed by atoms with E-state index in [4.69, 9.17) is 74.5 Å². The number of hydrogen-bond donors (Lipinski definition) is 0. The van der Waals surface area contributed by atoms with Gasteiger partial charge in [-0.15, -0.1) is 41.0 Å². The first-order valence-corrected chi connectivity index (χ1v) is 27.0. The van der Waals surface area contributed by atoms with Crippen LogP contribution in [0.3, 0.4) is 0 Å². The third kappa shape index (κ3) is 34.9. The molecule has 0 N–H and O–H groups in total. The van der Waals surface area contributed by atoms with Crippen LogP contribution in [0.2, 0.25) is 0 Å². The maximum absolute atomic E-state index is 8.49. The summed E-state index contributed by atoms with van der Waals surface area (Å²) in [5.74, 6) is 0. The van der Waals surface area contributed by atoms with Crippen molar-refractivity contribution in [2.45, 2.75) is 27.7 Å². The standard InChI is InChI=1S/2C26H22N4.4ClHO4.2Cu/c2*1-19-15-21(9-11-25(19)29-17-23-7-3-5-13-27-23)22-10-12-26(20(2)16-22)30-18-24-8-4-6-14-28-24;4*2-1(3,4)5;;/h2*3-18H,1-2H3;4*(H,2,3,4,5);;/q;;;;;;2*+2/p-4. The van der Waals surface area contributed by atoms with Crippen LogP contribution in [0.25, 0.3) is 22.3 Å². The number of nitrogens with zero attached hydrogens (tertiary/aromatic N) is 8. The molecule has 0 amide bonds. The van der Waals surface area contributed by atoms with Gasteiger partial charge in [0, 0.05) is 24.8 Å². The third-order valence-corrected chi connectivity index (χ3v) is 9.55. The Balaban J connectivity index is 0.000000606. The van der Waals surface area contributed by atoms with E-state index in [1.54, 1.807) is 49.6 Å². The zero-order valence-corrected chi connectivity index (χ0v) is 47.6. The van der Waals surface area contributed by atoms with Gasteiger partial charge in [-0.2, -0.15) is 0 Å². The van der Waals surface area contributed by atoms with Crippen LogP contribution in [-0.4, -0.2) is 44.8 Å². The molecule has 82 heavy (non-hydrogen) atoms. The molecule has 0 spiro atoms. The van der Waals surface area contributed by atoms with Crippen LogP contribution < -0.4 is 74.5 Å². The molecular formula is C52H44Cl4Cu2N8O16. The molecule has 0 unspecified atom stereocenters. The molecule has 0 aliphatic carbocycles. The second kappa shape index (κ2) is 36.3. The van der Waals surface area contributed by atoms with Gasteiger partial charge in [-0.05, 0) is 169 Å². The molecule has 0 aliphatic rings. The van der Waals surface area contributed by atoms with Crippen molar-refractivity contribution in [2.75, 3.05) is 0 Å². The molecule has 0 fully saturated rings. The van der Waals surface area contributed by atoms with E-state index in [1.165, 1.54) is 0 Å². The maximum atomic E-state index is 8.49. The second-order valence-electron chi connectivity index (χ2n) is 15.6. The number of hydrogen-bond acceptors (Lipinski definition) is 24. The van der Waals surface area contributed by atoms with Crippen LogP contribution in [0.1, 0.15) is 45.0 Å². The molecule has 4 aromatic carbocycles. The van der Waals surface area contributed by atoms with E-state index in [2.05, 4.69) is 116 Å². The zero-order valence-electron chi connectivity index (χ0n) is 42.7. The summed E-state index contributed by atoms with van der Waals surface area (Å²) in [5.41, 5.74) is 16.3. The van der Waals surface area contributed by atoms with Gasteiger partial charge in [0.15, 0.2) is 0 Å². The van der Waals surface area contributed by atoms with Crippen molar-refractivity contribution in [3.05, 3.63) is 215 Å². The van der Waals surface area contributed by atoms with Crippen molar-refractivity contribution in [2.24, 2.45) is 20.0 Å². The fourth-order valence-corrected chi connectivity index (χ4v) is 6.27. The summed E-state index contributed by atoms with van der Waals surface area (Å²) in [6, 6.07) is 48.4. The molecule has 0 saturated carbocycles. The number of aromatic nitrogens is 4. The smallest absolute Gasteiger partial charge is 0.255 e. The Bertz CT molecular complexity index is 2810. The fraction of sp³-hybridized carbons (Fsp3) is 0.0769. The summed E-state index contributed by atoms with van der Waals surface area (Å²) in [4.78, 5) is 35.4. The van der Waals surface area contributed by atoms with Crippen molar-refractivity contribution in [3.8, 4) is 22.3 Å². The van der Waals surface area contributed by atoms with Crippen LogP contribution in [0.5, 0.6) is 0 Å². The molecule has 8 aromatic rings. The van der Waals surface area contributed by atoms with E-state index in [0.29, 0.717) is 0 Å². The van der Waals surface area contributed by atoms with Gasteiger partial charge in [0.05, 0.1) is 70.4 Å². The van der Waals surface area contributed by atoms with Gasteiger partial charge in [-0.25, -0.2) is 74.5 Å². The van der Waals surface area contributed by atoms with Crippen LogP contribution in [-0.2, 0) is 34.1 Å². The number of halogens is 4. The molecule has 0 atom stereocenters. The SMILES string of the molecule is Cc1cc(-c2ccc(N=Cc3ccccn3)c(C)c2)ccc1N=Cc1ccccn1.Cc1cc(-c2ccc(N=Cc3ccccn3)c(C)c2)ccc1N=Cc1ccccn1.[Cu+2].[Cu+2].[O-][Cl+3]([O-])([O-])[O-].[O-][Cl+3]([O-])([O-])[O-].[O-][Cl+3]([O-])([O-])[O-].[O-][Cl+3]([O-])([O-])[O-]. The number of rotatable bonds is 10. The quantitative estimate of drug-likeness (QED) is 0.0907. The molecule has 438 valence electrons. The third-order valence-electron chi connectivity index (χ3n) is 9.55. The van der Waals surface area contributed by atoms with E-state index in [1.807, 2.05) is 97.1 Å². The van der Waals surface area contributed by atoms with Gasteiger partial charge in [0.2, 0.25) is 0 Å². The Morgan fingerprint density at radius 3 is 0.585 bits per heavy atom. The summed E-state index contributed by atoms with van der Waals surface area (Å²) in [6.07, 6.45) is 14.2. The minimum atomic E-state index is -4.94. The first kappa shape index (κ1) is 73.7. The van der Waals surface area contributed by atoms with Gasteiger partial charge in [-0.1, -0.05) is 48.5 Å². The van der Waals surface area contributed by atoms with Crippen LogP contribution in [0.15, 0.2) is 190 Å². The van der Waals surface area contributed by atoms with Crippen molar-refractivity contribution >= 4 is 47.6 Å². The molecule has 0 aliphatic heterocycles. The number of aliphatic imine (C=N–C) groups is 4. The van der Waals surface area contributed by atoms with Crippen molar-refractivity contribution in [1.29, 1.82) is 0 Å². The topological polar surface area (TPSA) is 470 Å². The molecule has 2 radical (unpaired) electrons. The molecule has 8 rings (SSSR count). The summed E-state index contributed by atoms with van der Waals surface area (Å²) < 4.78 is 136. The molecule has 24 nitrogen and oxygen atoms in total. The second-order valence-corrected chi connectivity index (χ2v) is 18.6. The van der Waals surface area contributed by atoms with E-state index >= 15 is 0 Å². The van der Waals surface area contributed by atoms with Gasteiger partial charge < -0.3 is 0 Å². The molecule has 4 heterocycles. The van der Waals surface area contributed by atoms with Crippen LogP contribution in [0, 0.1) is 68.7 Å². The first-order valence-electron chi connectivity index (χ1n) is 22.1. The predicted octanol–water partition coefficient (Wildman–Crippen LogP) is -6.51. The normalized spacial score (nSPS) is 11.3. The van der Waals surface area contributed by atoms with Crippen LogP contribution in [0.4, 0.5) is 22.7 Å². The van der Waals surface area contributed by atoms with E-state index in [-0.39, 0.29) is 34.1 Å². The summed E-state index contributed by atoms with van der Waals surface area (Å²) in [7, 11) is -19.8. The Morgan fingerprint density at radius 2 is 0.451 bits per heavy atom. The number of aryl methyl sites for hydroxylation is 4. The average Bonchev–Trinajstić information content (AvgIpc) is 3.45. The maximum Gasteiger partial charge on any atom is 2.00 e. The van der Waals surface area contributed by atoms with Crippen molar-refractivity contribution < 1.29 is 150 Å². The Hall–Kier alpha value is -6.28. The summed E-state index contributed by atoms with van der Waals surface area (Å²) in [6.45, 7) is 8.31. The minimum absolute atomic E-state index is 0. The number of benzene rings is 4. The van der Waals surface area contributed by atoms with Gasteiger partial charge in [-0.3, -0.25) is 39.9 Å². The predicted molar refractivity (Wildman–Crippen MR) is 249 cm³/mol. The van der Waals surface area contributed by atoms with Crippen molar-refractivity contribution in [3.63, 3.8) is 0 Å². The van der Waals surface area contributed by atoms with Gasteiger partial charge in [0.1, 0.15) is 0 Å². The molecule has 0 bridgehead atoms. The Morgan fingerprint density at radius 1 is 0.280 bits per heavy atom.